The van der Waals surface area contributed by atoms with Gasteiger partial charge in [-0.05, 0) is 61.6 Å². The van der Waals surface area contributed by atoms with Crippen molar-refractivity contribution in [1.82, 2.24) is 15.5 Å². The molecule has 1 heterocycles. The first-order chi connectivity index (χ1) is 17.9. The minimum Gasteiger partial charge on any atom is -0.392 e. The van der Waals surface area contributed by atoms with Crippen LogP contribution in [0.3, 0.4) is 0 Å². The van der Waals surface area contributed by atoms with Crippen molar-refractivity contribution in [3.05, 3.63) is 71.3 Å². The van der Waals surface area contributed by atoms with Crippen LogP contribution in [0.15, 0.2) is 54.6 Å². The number of likely N-dealkylation sites (tertiary alicyclic amines) is 1. The third-order valence-electron chi connectivity index (χ3n) is 7.78. The third-order valence-corrected chi connectivity index (χ3v) is 7.78. The smallest absolute Gasteiger partial charge is 0.247 e. The standard InChI is InChI=1S/C30H41N3O4.ClH/c1-22(31-19-23(2)34)18-28(35)32-27(21-37-20-24-8-4-3-5-9-24)29(36)33-16-14-30(15-17-33)13-12-25-10-6-7-11-26(25)30;/h3-11,22-23,27,31,34H,12-21H2,1-2H3,(H,32,35);1H. The number of rotatable bonds is 11. The highest BCUT2D eigenvalue weighted by atomic mass is 35.5. The van der Waals surface area contributed by atoms with Crippen LogP contribution in [0.25, 0.3) is 0 Å². The quantitative estimate of drug-likeness (QED) is 0.404. The van der Waals surface area contributed by atoms with Gasteiger partial charge in [0.2, 0.25) is 11.8 Å². The molecule has 38 heavy (non-hydrogen) atoms. The highest BCUT2D eigenvalue weighted by molar-refractivity contribution is 5.88. The van der Waals surface area contributed by atoms with Crippen LogP contribution in [0, 0.1) is 0 Å². The van der Waals surface area contributed by atoms with Crippen molar-refractivity contribution < 1.29 is 19.4 Å². The second-order valence-corrected chi connectivity index (χ2v) is 10.7. The first kappa shape index (κ1) is 30.1. The number of nitrogens with one attached hydrogen (secondary N) is 2. The molecule has 0 saturated carbocycles. The molecule has 4 rings (SSSR count). The van der Waals surface area contributed by atoms with Crippen LogP contribution in [0.2, 0.25) is 0 Å². The van der Waals surface area contributed by atoms with E-state index in [4.69, 9.17) is 4.74 Å². The molecular weight excluding hydrogens is 502 g/mol. The number of carbonyl (C=O) groups is 2. The van der Waals surface area contributed by atoms with Gasteiger partial charge in [0, 0.05) is 32.1 Å². The lowest BCUT2D eigenvalue weighted by molar-refractivity contribution is -0.140. The van der Waals surface area contributed by atoms with Crippen LogP contribution in [0.5, 0.6) is 0 Å². The molecule has 1 aliphatic heterocycles. The average Bonchev–Trinajstić information content (AvgIpc) is 3.25. The summed E-state index contributed by atoms with van der Waals surface area (Å²) in [5, 5.41) is 15.6. The van der Waals surface area contributed by atoms with Gasteiger partial charge >= 0.3 is 0 Å². The maximum absolute atomic E-state index is 13.6. The SMILES string of the molecule is CC(O)CNC(C)CC(=O)NC(COCc1ccccc1)C(=O)N1CCC2(CCc3ccccc32)CC1.Cl. The summed E-state index contributed by atoms with van der Waals surface area (Å²) < 4.78 is 5.91. The van der Waals surface area contributed by atoms with E-state index < -0.39 is 12.1 Å². The van der Waals surface area contributed by atoms with Crippen molar-refractivity contribution in [2.45, 2.75) is 76.2 Å². The molecule has 1 fully saturated rings. The van der Waals surface area contributed by atoms with Crippen molar-refractivity contribution in [3.63, 3.8) is 0 Å². The lowest BCUT2D eigenvalue weighted by Gasteiger charge is -2.41. The topological polar surface area (TPSA) is 90.9 Å². The zero-order valence-corrected chi connectivity index (χ0v) is 23.3. The fourth-order valence-corrected chi connectivity index (χ4v) is 5.68. The summed E-state index contributed by atoms with van der Waals surface area (Å²) in [5.74, 6) is -0.280. The second kappa shape index (κ2) is 14.1. The molecule has 1 saturated heterocycles. The molecule has 2 amide bonds. The largest absolute Gasteiger partial charge is 0.392 e. The van der Waals surface area contributed by atoms with E-state index in [2.05, 4.69) is 34.9 Å². The molecule has 3 unspecified atom stereocenters. The van der Waals surface area contributed by atoms with E-state index in [1.165, 1.54) is 11.1 Å². The molecule has 3 atom stereocenters. The first-order valence-corrected chi connectivity index (χ1v) is 13.6. The lowest BCUT2D eigenvalue weighted by Crippen LogP contribution is -2.54. The maximum atomic E-state index is 13.6. The van der Waals surface area contributed by atoms with Crippen LogP contribution < -0.4 is 10.6 Å². The predicted octanol–water partition coefficient (Wildman–Crippen LogP) is 3.37. The highest BCUT2D eigenvalue weighted by Crippen LogP contribution is 2.46. The number of aliphatic hydroxyl groups is 1. The Morgan fingerprint density at radius 3 is 2.42 bits per heavy atom. The minimum absolute atomic E-state index is 0. The maximum Gasteiger partial charge on any atom is 0.247 e. The number of halogens is 1. The molecule has 0 bridgehead atoms. The van der Waals surface area contributed by atoms with Gasteiger partial charge in [-0.15, -0.1) is 12.4 Å². The molecule has 208 valence electrons. The third kappa shape index (κ3) is 7.79. The van der Waals surface area contributed by atoms with Gasteiger partial charge in [0.15, 0.2) is 0 Å². The molecular formula is C30H42ClN3O4. The molecule has 3 N–H and O–H groups in total. The van der Waals surface area contributed by atoms with Gasteiger partial charge in [-0.1, -0.05) is 54.6 Å². The van der Waals surface area contributed by atoms with Gasteiger partial charge in [-0.25, -0.2) is 0 Å². The van der Waals surface area contributed by atoms with Crippen LogP contribution in [-0.2, 0) is 32.8 Å². The van der Waals surface area contributed by atoms with E-state index in [0.717, 1.165) is 31.2 Å². The number of carbonyl (C=O) groups excluding carboxylic acids is 2. The second-order valence-electron chi connectivity index (χ2n) is 10.7. The fourth-order valence-electron chi connectivity index (χ4n) is 5.68. The molecule has 8 heteroatoms. The van der Waals surface area contributed by atoms with E-state index in [-0.39, 0.29) is 48.7 Å². The molecule has 2 aromatic rings. The highest BCUT2D eigenvalue weighted by Gasteiger charge is 2.42. The van der Waals surface area contributed by atoms with Crippen molar-refractivity contribution in [1.29, 1.82) is 0 Å². The van der Waals surface area contributed by atoms with Gasteiger partial charge in [-0.3, -0.25) is 9.59 Å². The van der Waals surface area contributed by atoms with Crippen LogP contribution >= 0.6 is 12.4 Å². The Morgan fingerprint density at radius 1 is 1.03 bits per heavy atom. The number of hydrogen-bond acceptors (Lipinski definition) is 5. The lowest BCUT2D eigenvalue weighted by atomic mass is 9.74. The molecule has 1 aliphatic carbocycles. The molecule has 7 nitrogen and oxygen atoms in total. The molecule has 2 aromatic carbocycles. The Bertz CT molecular complexity index is 1040. The normalized spacial score (nSPS) is 18.2. The van der Waals surface area contributed by atoms with E-state index >= 15 is 0 Å². The van der Waals surface area contributed by atoms with E-state index in [9.17, 15) is 14.7 Å². The van der Waals surface area contributed by atoms with Gasteiger partial charge in [0.25, 0.3) is 0 Å². The summed E-state index contributed by atoms with van der Waals surface area (Å²) in [6.07, 6.45) is 3.88. The molecule has 1 spiro atoms. The average molecular weight is 544 g/mol. The molecule has 0 radical (unpaired) electrons. The number of piperidine rings is 1. The number of fused-ring (bicyclic) bond motifs is 2. The number of aliphatic hydroxyl groups excluding tert-OH is 1. The fraction of sp³-hybridized carbons (Fsp3) is 0.533. The predicted molar refractivity (Wildman–Crippen MR) is 151 cm³/mol. The zero-order valence-electron chi connectivity index (χ0n) is 22.5. The van der Waals surface area contributed by atoms with Crippen molar-refractivity contribution in [2.75, 3.05) is 26.2 Å². The summed E-state index contributed by atoms with van der Waals surface area (Å²) in [6.45, 7) is 5.89. The number of ether oxygens (including phenoxy) is 1. The van der Waals surface area contributed by atoms with Crippen molar-refractivity contribution in [3.8, 4) is 0 Å². The van der Waals surface area contributed by atoms with Crippen molar-refractivity contribution >= 4 is 24.2 Å². The monoisotopic (exact) mass is 543 g/mol. The first-order valence-electron chi connectivity index (χ1n) is 13.6. The summed E-state index contributed by atoms with van der Waals surface area (Å²) in [5.41, 5.74) is 4.09. The number of nitrogens with zero attached hydrogens (tertiary/aromatic N) is 1. The van der Waals surface area contributed by atoms with E-state index in [1.807, 2.05) is 42.2 Å². The Hall–Kier alpha value is -2.45. The van der Waals surface area contributed by atoms with Crippen LogP contribution in [0.4, 0.5) is 0 Å². The van der Waals surface area contributed by atoms with E-state index in [0.29, 0.717) is 26.2 Å². The van der Waals surface area contributed by atoms with Crippen LogP contribution in [0.1, 0.15) is 56.2 Å². The van der Waals surface area contributed by atoms with E-state index in [1.54, 1.807) is 6.92 Å². The van der Waals surface area contributed by atoms with Gasteiger partial charge in [0.1, 0.15) is 6.04 Å². The van der Waals surface area contributed by atoms with Gasteiger partial charge < -0.3 is 25.4 Å². The molecule has 2 aliphatic rings. The molecule has 0 aromatic heterocycles. The Labute approximate surface area is 232 Å². The Kier molecular flexibility index (Phi) is 11.2. The minimum atomic E-state index is -0.731. The number of benzene rings is 2. The van der Waals surface area contributed by atoms with Crippen molar-refractivity contribution in [2.24, 2.45) is 0 Å². The zero-order chi connectivity index (χ0) is 26.3. The number of hydrogen-bond donors (Lipinski definition) is 3. The Balaban J connectivity index is 0.00000400. The summed E-state index contributed by atoms with van der Waals surface area (Å²) >= 11 is 0. The number of aryl methyl sites for hydroxylation is 1. The summed E-state index contributed by atoms with van der Waals surface area (Å²) in [6, 6.07) is 17.7. The van der Waals surface area contributed by atoms with Crippen LogP contribution in [-0.4, -0.2) is 66.2 Å². The Morgan fingerprint density at radius 2 is 1.71 bits per heavy atom. The summed E-state index contributed by atoms with van der Waals surface area (Å²) in [4.78, 5) is 28.3. The van der Waals surface area contributed by atoms with Gasteiger partial charge in [-0.2, -0.15) is 0 Å². The summed E-state index contributed by atoms with van der Waals surface area (Å²) in [7, 11) is 0. The van der Waals surface area contributed by atoms with Gasteiger partial charge in [0.05, 0.1) is 19.3 Å². The number of amides is 2.